The Hall–Kier alpha value is -3.10. The van der Waals surface area contributed by atoms with E-state index in [9.17, 15) is 17.6 Å². The second-order valence-electron chi connectivity index (χ2n) is 7.15. The van der Waals surface area contributed by atoms with Gasteiger partial charge in [-0.2, -0.15) is 0 Å². The fourth-order valence-electron chi connectivity index (χ4n) is 3.02. The molecule has 168 valence electrons. The van der Waals surface area contributed by atoms with Crippen LogP contribution in [0.5, 0.6) is 5.75 Å². The second kappa shape index (κ2) is 9.58. The Labute approximate surface area is 191 Å². The number of nitrogens with zero attached hydrogens (tertiary/aromatic N) is 1. The molecule has 0 aliphatic carbocycles. The van der Waals surface area contributed by atoms with E-state index in [2.05, 4.69) is 5.32 Å². The van der Waals surface area contributed by atoms with Crippen LogP contribution in [-0.2, 0) is 14.8 Å². The molecule has 0 aromatic heterocycles. The van der Waals surface area contributed by atoms with Crippen LogP contribution in [0.1, 0.15) is 11.1 Å². The number of sulfonamides is 1. The quantitative estimate of drug-likeness (QED) is 0.524. The highest BCUT2D eigenvalue weighted by Crippen LogP contribution is 2.32. The fourth-order valence-corrected chi connectivity index (χ4v) is 4.85. The molecule has 0 fully saturated rings. The number of hydrogen-bond acceptors (Lipinski definition) is 4. The molecule has 0 unspecified atom stereocenters. The maximum Gasteiger partial charge on any atom is 0.268 e. The van der Waals surface area contributed by atoms with Crippen molar-refractivity contribution in [2.24, 2.45) is 0 Å². The van der Waals surface area contributed by atoms with Gasteiger partial charge in [0, 0.05) is 10.7 Å². The number of hydrogen-bond donors (Lipinski definition) is 1. The Morgan fingerprint density at radius 1 is 1.06 bits per heavy atom. The molecule has 0 saturated carbocycles. The Kier molecular flexibility index (Phi) is 7.06. The number of carbonyl (C=O) groups excluding carboxylic acids is 1. The Morgan fingerprint density at radius 2 is 1.75 bits per heavy atom. The van der Waals surface area contributed by atoms with Gasteiger partial charge in [-0.15, -0.1) is 0 Å². The van der Waals surface area contributed by atoms with E-state index in [-0.39, 0.29) is 16.3 Å². The summed E-state index contributed by atoms with van der Waals surface area (Å²) in [6, 6.07) is 14.7. The van der Waals surface area contributed by atoms with Gasteiger partial charge < -0.3 is 10.1 Å². The molecule has 0 heterocycles. The van der Waals surface area contributed by atoms with Gasteiger partial charge >= 0.3 is 0 Å². The summed E-state index contributed by atoms with van der Waals surface area (Å²) in [6.45, 7) is 3.01. The topological polar surface area (TPSA) is 75.7 Å². The average Bonchev–Trinajstić information content (AvgIpc) is 2.75. The van der Waals surface area contributed by atoms with Crippen molar-refractivity contribution in [2.75, 3.05) is 23.3 Å². The van der Waals surface area contributed by atoms with E-state index in [0.717, 1.165) is 9.87 Å². The minimum Gasteiger partial charge on any atom is -0.495 e. The predicted octanol–water partition coefficient (Wildman–Crippen LogP) is 4.94. The van der Waals surface area contributed by atoms with Crippen molar-refractivity contribution < 1.29 is 22.3 Å². The van der Waals surface area contributed by atoms with Crippen LogP contribution in [0.15, 0.2) is 65.6 Å². The number of amides is 1. The molecular weight excluding hydrogens is 455 g/mol. The molecule has 3 aromatic carbocycles. The number of rotatable bonds is 7. The van der Waals surface area contributed by atoms with E-state index in [1.54, 1.807) is 38.1 Å². The molecule has 3 aromatic rings. The lowest BCUT2D eigenvalue weighted by Crippen LogP contribution is -2.38. The van der Waals surface area contributed by atoms with Crippen LogP contribution in [-0.4, -0.2) is 28.0 Å². The number of benzene rings is 3. The summed E-state index contributed by atoms with van der Waals surface area (Å²) in [5, 5.41) is 2.94. The summed E-state index contributed by atoms with van der Waals surface area (Å²) in [5.41, 5.74) is 2.03. The van der Waals surface area contributed by atoms with Crippen molar-refractivity contribution in [3.8, 4) is 5.75 Å². The molecule has 0 aliphatic rings. The zero-order valence-electron chi connectivity index (χ0n) is 17.7. The van der Waals surface area contributed by atoms with Gasteiger partial charge in [-0.3, -0.25) is 9.10 Å². The van der Waals surface area contributed by atoms with Gasteiger partial charge in [-0.1, -0.05) is 23.7 Å². The first-order valence-electron chi connectivity index (χ1n) is 9.61. The van der Waals surface area contributed by atoms with Crippen molar-refractivity contribution in [3.05, 3.63) is 82.6 Å². The monoisotopic (exact) mass is 476 g/mol. The SMILES string of the molecule is COc1ccc(C)cc1S(=O)(=O)N(CC(=O)Nc1ccc(F)cc1)c1ccc(C)c(Cl)c1. The van der Waals surface area contributed by atoms with Crippen molar-refractivity contribution in [2.45, 2.75) is 18.7 Å². The molecule has 9 heteroatoms. The third-order valence-electron chi connectivity index (χ3n) is 4.75. The summed E-state index contributed by atoms with van der Waals surface area (Å²) in [6.07, 6.45) is 0. The number of carbonyl (C=O) groups is 1. The summed E-state index contributed by atoms with van der Waals surface area (Å²) >= 11 is 6.24. The summed E-state index contributed by atoms with van der Waals surface area (Å²) in [5.74, 6) is -0.908. The van der Waals surface area contributed by atoms with Gasteiger partial charge in [0.1, 0.15) is 23.0 Å². The van der Waals surface area contributed by atoms with Crippen molar-refractivity contribution in [1.82, 2.24) is 0 Å². The number of aryl methyl sites for hydroxylation is 2. The van der Waals surface area contributed by atoms with Crippen molar-refractivity contribution in [3.63, 3.8) is 0 Å². The van der Waals surface area contributed by atoms with Crippen LogP contribution >= 0.6 is 11.6 Å². The maximum atomic E-state index is 13.7. The van der Waals surface area contributed by atoms with Crippen LogP contribution in [0.3, 0.4) is 0 Å². The van der Waals surface area contributed by atoms with Crippen molar-refractivity contribution >= 4 is 38.9 Å². The van der Waals surface area contributed by atoms with E-state index in [0.29, 0.717) is 16.3 Å². The lowest BCUT2D eigenvalue weighted by molar-refractivity contribution is -0.114. The van der Waals surface area contributed by atoms with Gasteiger partial charge in [0.05, 0.1) is 12.8 Å². The molecule has 6 nitrogen and oxygen atoms in total. The summed E-state index contributed by atoms with van der Waals surface area (Å²) in [4.78, 5) is 12.7. The molecular formula is C23H22ClFN2O4S. The zero-order chi connectivity index (χ0) is 23.5. The van der Waals surface area contributed by atoms with Crippen LogP contribution in [0.2, 0.25) is 5.02 Å². The maximum absolute atomic E-state index is 13.7. The van der Waals surface area contributed by atoms with E-state index >= 15 is 0 Å². The summed E-state index contributed by atoms with van der Waals surface area (Å²) < 4.78 is 46.7. The molecule has 1 amide bonds. The molecule has 0 radical (unpaired) electrons. The minimum absolute atomic E-state index is 0.0775. The third-order valence-corrected chi connectivity index (χ3v) is 6.95. The molecule has 3 rings (SSSR count). The largest absolute Gasteiger partial charge is 0.495 e. The third kappa shape index (κ3) is 5.20. The molecule has 0 aliphatic heterocycles. The van der Waals surface area contributed by atoms with Crippen LogP contribution in [0.25, 0.3) is 0 Å². The minimum atomic E-state index is -4.21. The molecule has 32 heavy (non-hydrogen) atoms. The van der Waals surface area contributed by atoms with Gasteiger partial charge in [0.15, 0.2) is 0 Å². The number of nitrogens with one attached hydrogen (secondary N) is 1. The molecule has 0 atom stereocenters. The van der Waals surface area contributed by atoms with E-state index < -0.39 is 28.3 Å². The van der Waals surface area contributed by atoms with Gasteiger partial charge in [0.2, 0.25) is 5.91 Å². The highest BCUT2D eigenvalue weighted by molar-refractivity contribution is 7.93. The Morgan fingerprint density at radius 3 is 2.38 bits per heavy atom. The normalized spacial score (nSPS) is 11.2. The lowest BCUT2D eigenvalue weighted by Gasteiger charge is -2.25. The van der Waals surface area contributed by atoms with Crippen LogP contribution in [0, 0.1) is 19.7 Å². The van der Waals surface area contributed by atoms with Gasteiger partial charge in [-0.25, -0.2) is 12.8 Å². The standard InChI is InChI=1S/C23H22ClFN2O4S/c1-15-4-11-21(31-3)22(12-15)32(29,30)27(19-10-5-16(2)20(24)13-19)14-23(28)26-18-8-6-17(25)7-9-18/h4-13H,14H2,1-3H3,(H,26,28). The zero-order valence-corrected chi connectivity index (χ0v) is 19.3. The van der Waals surface area contributed by atoms with E-state index in [4.69, 9.17) is 16.3 Å². The number of anilines is 2. The molecule has 0 bridgehead atoms. The predicted molar refractivity (Wildman–Crippen MR) is 123 cm³/mol. The Balaban J connectivity index is 2.04. The Bertz CT molecular complexity index is 1250. The highest BCUT2D eigenvalue weighted by Gasteiger charge is 2.30. The summed E-state index contributed by atoms with van der Waals surface area (Å²) in [7, 11) is -2.84. The average molecular weight is 477 g/mol. The van der Waals surface area contributed by atoms with Gasteiger partial charge in [-0.05, 0) is 73.5 Å². The molecule has 0 spiro atoms. The van der Waals surface area contributed by atoms with E-state index in [1.165, 1.54) is 43.5 Å². The number of ether oxygens (including phenoxy) is 1. The van der Waals surface area contributed by atoms with Crippen LogP contribution < -0.4 is 14.4 Å². The smallest absolute Gasteiger partial charge is 0.268 e. The molecule has 1 N–H and O–H groups in total. The molecule has 0 saturated heterocycles. The first kappa shape index (κ1) is 23.6. The highest BCUT2D eigenvalue weighted by atomic mass is 35.5. The van der Waals surface area contributed by atoms with Crippen LogP contribution in [0.4, 0.5) is 15.8 Å². The second-order valence-corrected chi connectivity index (χ2v) is 9.39. The number of methoxy groups -OCH3 is 1. The van der Waals surface area contributed by atoms with E-state index in [1.807, 2.05) is 0 Å². The van der Waals surface area contributed by atoms with Gasteiger partial charge in [0.25, 0.3) is 10.0 Å². The first-order chi connectivity index (χ1) is 15.1. The first-order valence-corrected chi connectivity index (χ1v) is 11.4. The lowest BCUT2D eigenvalue weighted by atomic mass is 10.2. The number of halogens is 2. The fraction of sp³-hybridized carbons (Fsp3) is 0.174. The van der Waals surface area contributed by atoms with Crippen molar-refractivity contribution in [1.29, 1.82) is 0 Å².